The summed E-state index contributed by atoms with van der Waals surface area (Å²) in [5.74, 6) is 0.577. The van der Waals surface area contributed by atoms with Gasteiger partial charge in [-0.2, -0.15) is 0 Å². The van der Waals surface area contributed by atoms with Crippen LogP contribution in [0.25, 0.3) is 0 Å². The van der Waals surface area contributed by atoms with Crippen molar-refractivity contribution in [1.29, 1.82) is 0 Å². The molecule has 1 unspecified atom stereocenters. The first-order valence-corrected chi connectivity index (χ1v) is 7.39. The van der Waals surface area contributed by atoms with Crippen molar-refractivity contribution in [3.63, 3.8) is 0 Å². The lowest BCUT2D eigenvalue weighted by molar-refractivity contribution is 0.443. The molecule has 1 aromatic heterocycles. The molecule has 1 aliphatic heterocycles. The van der Waals surface area contributed by atoms with Gasteiger partial charge in [-0.25, -0.2) is 0 Å². The highest BCUT2D eigenvalue weighted by atomic mass is 16.4. The average molecular weight is 287 g/mol. The number of hydrogen-bond acceptors (Lipinski definition) is 6. The van der Waals surface area contributed by atoms with Crippen molar-refractivity contribution < 1.29 is 4.42 Å². The molecule has 0 aliphatic carbocycles. The van der Waals surface area contributed by atoms with E-state index < -0.39 is 0 Å². The minimum Gasteiger partial charge on any atom is -0.406 e. The van der Waals surface area contributed by atoms with Crippen molar-refractivity contribution in [3.05, 3.63) is 30.2 Å². The topological polar surface area (TPSA) is 66.2 Å². The molecule has 1 aliphatic rings. The molecule has 0 saturated carbocycles. The van der Waals surface area contributed by atoms with Crippen molar-refractivity contribution in [1.82, 2.24) is 15.5 Å². The summed E-state index contributed by atoms with van der Waals surface area (Å²) >= 11 is 0. The molecule has 1 fully saturated rings. The molecule has 1 saturated heterocycles. The number of nitrogens with one attached hydrogen (secondary N) is 2. The van der Waals surface area contributed by atoms with Crippen LogP contribution in [0.3, 0.4) is 0 Å². The molecule has 6 heteroatoms. The summed E-state index contributed by atoms with van der Waals surface area (Å²) in [6, 6.07) is 8.80. The Balaban J connectivity index is 1.66. The quantitative estimate of drug-likeness (QED) is 0.881. The van der Waals surface area contributed by atoms with Crippen LogP contribution >= 0.6 is 0 Å². The highest BCUT2D eigenvalue weighted by Gasteiger charge is 2.13. The zero-order valence-electron chi connectivity index (χ0n) is 12.5. The number of benzene rings is 1. The molecule has 2 N–H and O–H groups in total. The summed E-state index contributed by atoms with van der Waals surface area (Å²) in [4.78, 5) is 2.41. The fraction of sp³-hybridized carbons (Fsp3) is 0.467. The molecular formula is C15H21N5O. The van der Waals surface area contributed by atoms with Gasteiger partial charge >= 0.3 is 6.01 Å². The van der Waals surface area contributed by atoms with E-state index in [1.165, 1.54) is 18.5 Å². The van der Waals surface area contributed by atoms with E-state index in [4.69, 9.17) is 4.42 Å². The molecule has 2 heterocycles. The Morgan fingerprint density at radius 3 is 2.52 bits per heavy atom. The Morgan fingerprint density at radius 1 is 1.14 bits per heavy atom. The molecule has 0 radical (unpaired) electrons. The highest BCUT2D eigenvalue weighted by molar-refractivity contribution is 5.58. The molecular weight excluding hydrogens is 266 g/mol. The minimum absolute atomic E-state index is 0.0468. The van der Waals surface area contributed by atoms with Gasteiger partial charge in [0.15, 0.2) is 0 Å². The number of hydrogen-bond donors (Lipinski definition) is 2. The van der Waals surface area contributed by atoms with Crippen LogP contribution in [0.4, 0.5) is 17.4 Å². The lowest BCUT2D eigenvalue weighted by Gasteiger charge is -2.17. The largest absolute Gasteiger partial charge is 0.406 e. The maximum atomic E-state index is 5.56. The van der Waals surface area contributed by atoms with E-state index >= 15 is 0 Å². The second-order valence-electron chi connectivity index (χ2n) is 5.32. The number of anilines is 3. The predicted octanol–water partition coefficient (Wildman–Crippen LogP) is 2.69. The van der Waals surface area contributed by atoms with Crippen LogP contribution in [0.5, 0.6) is 0 Å². The van der Waals surface area contributed by atoms with Gasteiger partial charge in [0, 0.05) is 24.5 Å². The summed E-state index contributed by atoms with van der Waals surface area (Å²) in [6.07, 6.45) is 2.57. The smallest absolute Gasteiger partial charge is 0.320 e. The average Bonchev–Trinajstić information content (AvgIpc) is 3.18. The molecule has 2 aromatic rings. The van der Waals surface area contributed by atoms with Crippen LogP contribution in [-0.2, 0) is 0 Å². The van der Waals surface area contributed by atoms with Crippen LogP contribution in [-0.4, -0.2) is 30.3 Å². The second-order valence-corrected chi connectivity index (χ2v) is 5.32. The molecule has 0 amide bonds. The molecule has 1 atom stereocenters. The van der Waals surface area contributed by atoms with E-state index in [1.54, 1.807) is 0 Å². The van der Waals surface area contributed by atoms with Gasteiger partial charge in [-0.1, -0.05) is 5.10 Å². The van der Waals surface area contributed by atoms with Crippen LogP contribution in [0.1, 0.15) is 31.7 Å². The van der Waals surface area contributed by atoms with E-state index in [9.17, 15) is 0 Å². The molecule has 0 bridgehead atoms. The summed E-state index contributed by atoms with van der Waals surface area (Å²) in [5.41, 5.74) is 2.22. The van der Waals surface area contributed by atoms with Crippen molar-refractivity contribution in [2.24, 2.45) is 0 Å². The summed E-state index contributed by atoms with van der Waals surface area (Å²) < 4.78 is 5.56. The van der Waals surface area contributed by atoms with E-state index in [0.717, 1.165) is 18.8 Å². The van der Waals surface area contributed by atoms with Crippen molar-refractivity contribution in [2.75, 3.05) is 30.4 Å². The van der Waals surface area contributed by atoms with Gasteiger partial charge in [-0.3, -0.25) is 0 Å². The lowest BCUT2D eigenvalue weighted by atomic mass is 10.2. The number of nitrogens with zero attached hydrogens (tertiary/aromatic N) is 3. The van der Waals surface area contributed by atoms with Crippen molar-refractivity contribution >= 4 is 17.4 Å². The molecule has 6 nitrogen and oxygen atoms in total. The first kappa shape index (κ1) is 13.9. The monoisotopic (exact) mass is 287 g/mol. The standard InChI is InChI=1S/C15H21N5O/c1-11(16-2)14-18-19-15(21-14)17-12-5-7-13(8-6-12)20-9-3-4-10-20/h5-8,11,16H,3-4,9-10H2,1-2H3,(H,17,19). The van der Waals surface area contributed by atoms with Gasteiger partial charge in [-0.05, 0) is 51.1 Å². The van der Waals surface area contributed by atoms with Gasteiger partial charge < -0.3 is 20.0 Å². The maximum absolute atomic E-state index is 5.56. The van der Waals surface area contributed by atoms with Gasteiger partial charge in [-0.15, -0.1) is 5.10 Å². The zero-order chi connectivity index (χ0) is 14.7. The van der Waals surface area contributed by atoms with Crippen LogP contribution in [0.2, 0.25) is 0 Å². The number of aromatic nitrogens is 2. The molecule has 112 valence electrons. The highest BCUT2D eigenvalue weighted by Crippen LogP contribution is 2.24. The van der Waals surface area contributed by atoms with Gasteiger partial charge in [0.1, 0.15) is 0 Å². The third-order valence-electron chi connectivity index (χ3n) is 3.83. The van der Waals surface area contributed by atoms with E-state index in [-0.39, 0.29) is 6.04 Å². The molecule has 1 aromatic carbocycles. The minimum atomic E-state index is 0.0468. The predicted molar refractivity (Wildman–Crippen MR) is 82.9 cm³/mol. The first-order chi connectivity index (χ1) is 10.3. The third kappa shape index (κ3) is 3.16. The summed E-state index contributed by atoms with van der Waals surface area (Å²) in [7, 11) is 1.86. The van der Waals surface area contributed by atoms with Crippen LogP contribution in [0, 0.1) is 0 Å². The normalized spacial score (nSPS) is 16.2. The van der Waals surface area contributed by atoms with Gasteiger partial charge in [0.05, 0.1) is 6.04 Å². The SMILES string of the molecule is CNC(C)c1nnc(Nc2ccc(N3CCCC3)cc2)o1. The fourth-order valence-electron chi connectivity index (χ4n) is 2.44. The van der Waals surface area contributed by atoms with E-state index in [1.807, 2.05) is 26.1 Å². The van der Waals surface area contributed by atoms with Crippen LogP contribution in [0.15, 0.2) is 28.7 Å². The Kier molecular flexibility index (Phi) is 4.06. The Morgan fingerprint density at radius 2 is 1.86 bits per heavy atom. The Labute approximate surface area is 124 Å². The van der Waals surface area contributed by atoms with E-state index in [2.05, 4.69) is 37.9 Å². The first-order valence-electron chi connectivity index (χ1n) is 7.39. The molecule has 3 rings (SSSR count). The van der Waals surface area contributed by atoms with Crippen molar-refractivity contribution in [2.45, 2.75) is 25.8 Å². The summed E-state index contributed by atoms with van der Waals surface area (Å²) in [5, 5.41) is 14.2. The fourth-order valence-corrected chi connectivity index (χ4v) is 2.44. The Hall–Kier alpha value is -2.08. The zero-order valence-corrected chi connectivity index (χ0v) is 12.5. The third-order valence-corrected chi connectivity index (χ3v) is 3.83. The van der Waals surface area contributed by atoms with Crippen LogP contribution < -0.4 is 15.5 Å². The van der Waals surface area contributed by atoms with Gasteiger partial charge in [0.2, 0.25) is 5.89 Å². The number of rotatable bonds is 5. The molecule has 0 spiro atoms. The molecule has 21 heavy (non-hydrogen) atoms. The van der Waals surface area contributed by atoms with Crippen molar-refractivity contribution in [3.8, 4) is 0 Å². The van der Waals surface area contributed by atoms with E-state index in [0.29, 0.717) is 11.9 Å². The summed E-state index contributed by atoms with van der Waals surface area (Å²) in [6.45, 7) is 4.28. The lowest BCUT2D eigenvalue weighted by Crippen LogP contribution is -2.17. The van der Waals surface area contributed by atoms with Gasteiger partial charge in [0.25, 0.3) is 0 Å². The maximum Gasteiger partial charge on any atom is 0.320 e. The second kappa shape index (κ2) is 6.13. The Bertz CT molecular complexity index is 574.